The minimum atomic E-state index is -4.78. The molecule has 1 saturated heterocycles. The number of halogens is 6. The van der Waals surface area contributed by atoms with Crippen molar-refractivity contribution in [1.29, 1.82) is 0 Å². The molecule has 0 radical (unpaired) electrons. The second-order valence-corrected chi connectivity index (χ2v) is 10.8. The Hall–Kier alpha value is -2.72. The molecule has 1 saturated carbocycles. The second-order valence-electron chi connectivity index (χ2n) is 10.8. The van der Waals surface area contributed by atoms with Crippen molar-refractivity contribution in [3.8, 4) is 11.5 Å². The van der Waals surface area contributed by atoms with Crippen LogP contribution in [-0.4, -0.2) is 32.0 Å². The zero-order chi connectivity index (χ0) is 29.5. The summed E-state index contributed by atoms with van der Waals surface area (Å²) in [5.41, 5.74) is 0.961. The highest BCUT2D eigenvalue weighted by molar-refractivity contribution is 5.31. The quantitative estimate of drug-likeness (QED) is 0.195. The minimum Gasteiger partial charge on any atom is -0.432 e. The zero-order valence-electron chi connectivity index (χ0n) is 23.0. The summed E-state index contributed by atoms with van der Waals surface area (Å²) < 4.78 is 102. The Balaban J connectivity index is 1.22. The number of ether oxygens (including phenoxy) is 4. The van der Waals surface area contributed by atoms with Crippen LogP contribution in [0.3, 0.4) is 0 Å². The number of allylic oxidation sites excluding steroid dienone is 2. The highest BCUT2D eigenvalue weighted by atomic mass is 19.4. The van der Waals surface area contributed by atoms with E-state index in [0.29, 0.717) is 44.0 Å². The first kappa shape index (κ1) is 31.2. The van der Waals surface area contributed by atoms with Crippen molar-refractivity contribution < 1.29 is 45.3 Å². The summed E-state index contributed by atoms with van der Waals surface area (Å²) in [7, 11) is 0. The van der Waals surface area contributed by atoms with E-state index in [4.69, 9.17) is 14.2 Å². The molecule has 1 aliphatic heterocycles. The van der Waals surface area contributed by atoms with E-state index in [1.807, 2.05) is 13.0 Å². The lowest BCUT2D eigenvalue weighted by atomic mass is 9.80. The van der Waals surface area contributed by atoms with Gasteiger partial charge in [-0.15, -0.1) is 13.2 Å². The van der Waals surface area contributed by atoms with E-state index in [0.717, 1.165) is 18.9 Å². The van der Waals surface area contributed by atoms with E-state index in [1.165, 1.54) is 36.4 Å². The summed E-state index contributed by atoms with van der Waals surface area (Å²) in [6, 6.07) is 8.94. The van der Waals surface area contributed by atoms with Crippen molar-refractivity contribution >= 4 is 0 Å². The molecule has 10 heteroatoms. The minimum absolute atomic E-state index is 0.0589. The average molecular weight is 587 g/mol. The average Bonchev–Trinajstić information content (AvgIpc) is 2.93. The molecule has 0 spiro atoms. The molecule has 0 amide bonds. The molecule has 4 rings (SSSR count). The van der Waals surface area contributed by atoms with Crippen LogP contribution in [0.5, 0.6) is 11.5 Å². The SMILES string of the molecule is C/C=C/CCC1COC(C2CCC(C(F)(F)Oc3ccc(CCc4ccc(OC(F)(F)F)cc4)c(F)c3)CC2)OC1. The fraction of sp³-hybridized carbons (Fsp3) is 0.548. The lowest BCUT2D eigenvalue weighted by molar-refractivity contribution is -0.274. The fourth-order valence-electron chi connectivity index (χ4n) is 5.39. The van der Waals surface area contributed by atoms with Gasteiger partial charge < -0.3 is 18.9 Å². The van der Waals surface area contributed by atoms with Crippen molar-refractivity contribution in [2.45, 2.75) is 77.1 Å². The molecule has 41 heavy (non-hydrogen) atoms. The van der Waals surface area contributed by atoms with Gasteiger partial charge in [0.1, 0.15) is 17.3 Å². The van der Waals surface area contributed by atoms with Gasteiger partial charge in [0.15, 0.2) is 6.29 Å². The molecule has 0 N–H and O–H groups in total. The number of hydrogen-bond donors (Lipinski definition) is 0. The van der Waals surface area contributed by atoms with Crippen LogP contribution in [0.25, 0.3) is 0 Å². The topological polar surface area (TPSA) is 36.9 Å². The standard InChI is InChI=1S/C31H36F6O4/c1-2-3-4-5-22-19-38-29(39-20-22)24-10-13-25(14-11-24)30(33,34)40-27-17-12-23(28(32)18-27)9-6-21-7-15-26(16-8-21)41-31(35,36)37/h2-3,7-8,12,15-18,22,24-25,29H,4-6,9-11,13-14,19-20H2,1H3/b3-2+. The lowest BCUT2D eigenvalue weighted by Crippen LogP contribution is -2.42. The fourth-order valence-corrected chi connectivity index (χ4v) is 5.39. The van der Waals surface area contributed by atoms with Crippen LogP contribution in [0, 0.1) is 23.6 Å². The van der Waals surface area contributed by atoms with Crippen LogP contribution in [0.1, 0.15) is 56.6 Å². The molecule has 0 bridgehead atoms. The summed E-state index contributed by atoms with van der Waals surface area (Å²) in [5, 5.41) is 0. The number of alkyl halides is 5. The molecule has 0 unspecified atom stereocenters. The van der Waals surface area contributed by atoms with Gasteiger partial charge in [0.05, 0.1) is 19.1 Å². The highest BCUT2D eigenvalue weighted by Crippen LogP contribution is 2.42. The smallest absolute Gasteiger partial charge is 0.432 e. The molecule has 2 aromatic carbocycles. The van der Waals surface area contributed by atoms with E-state index in [2.05, 4.69) is 10.8 Å². The van der Waals surface area contributed by atoms with E-state index < -0.39 is 24.2 Å². The molecule has 4 nitrogen and oxygen atoms in total. The molecular weight excluding hydrogens is 550 g/mol. The molecule has 2 aliphatic rings. The first-order valence-corrected chi connectivity index (χ1v) is 14.1. The zero-order valence-corrected chi connectivity index (χ0v) is 23.0. The Bertz CT molecular complexity index is 1120. The number of aryl methyl sites for hydroxylation is 2. The first-order valence-electron chi connectivity index (χ1n) is 14.1. The highest BCUT2D eigenvalue weighted by Gasteiger charge is 2.45. The second kappa shape index (κ2) is 14.0. The summed E-state index contributed by atoms with van der Waals surface area (Å²) >= 11 is 0. The van der Waals surface area contributed by atoms with Crippen LogP contribution in [0.4, 0.5) is 26.3 Å². The molecule has 2 fully saturated rings. The Morgan fingerprint density at radius 1 is 0.854 bits per heavy atom. The Labute approximate surface area is 236 Å². The van der Waals surface area contributed by atoms with E-state index in [9.17, 15) is 17.6 Å². The largest absolute Gasteiger partial charge is 0.573 e. The van der Waals surface area contributed by atoms with Crippen LogP contribution in [-0.2, 0) is 22.3 Å². The van der Waals surface area contributed by atoms with Crippen LogP contribution in [0.15, 0.2) is 54.6 Å². The maximum atomic E-state index is 15.0. The normalized spacial score (nSPS) is 24.0. The maximum absolute atomic E-state index is 15.0. The van der Waals surface area contributed by atoms with Gasteiger partial charge in [0.2, 0.25) is 0 Å². The molecule has 1 aliphatic carbocycles. The van der Waals surface area contributed by atoms with E-state index in [-0.39, 0.29) is 48.5 Å². The van der Waals surface area contributed by atoms with Gasteiger partial charge in [-0.05, 0) is 87.6 Å². The molecule has 1 heterocycles. The van der Waals surface area contributed by atoms with Crippen LogP contribution >= 0.6 is 0 Å². The number of rotatable bonds is 11. The van der Waals surface area contributed by atoms with Gasteiger partial charge in [-0.3, -0.25) is 0 Å². The van der Waals surface area contributed by atoms with Crippen molar-refractivity contribution in [3.63, 3.8) is 0 Å². The van der Waals surface area contributed by atoms with Crippen molar-refractivity contribution in [2.24, 2.45) is 17.8 Å². The molecule has 0 aromatic heterocycles. The summed E-state index contributed by atoms with van der Waals surface area (Å²) in [6.45, 7) is 3.22. The lowest BCUT2D eigenvalue weighted by Gasteiger charge is -2.39. The Morgan fingerprint density at radius 3 is 2.12 bits per heavy atom. The van der Waals surface area contributed by atoms with E-state index in [1.54, 1.807) is 0 Å². The van der Waals surface area contributed by atoms with Gasteiger partial charge >= 0.3 is 12.5 Å². The Kier molecular flexibility index (Phi) is 10.6. The van der Waals surface area contributed by atoms with Crippen LogP contribution < -0.4 is 9.47 Å². The van der Waals surface area contributed by atoms with Crippen molar-refractivity contribution in [1.82, 2.24) is 0 Å². The summed E-state index contributed by atoms with van der Waals surface area (Å²) in [4.78, 5) is 0. The molecule has 0 atom stereocenters. The third kappa shape index (κ3) is 9.39. The number of hydrogen-bond acceptors (Lipinski definition) is 4. The number of benzene rings is 2. The molecular formula is C31H36F6O4. The molecule has 226 valence electrons. The summed E-state index contributed by atoms with van der Waals surface area (Å²) in [5.74, 6) is -1.88. The third-order valence-corrected chi connectivity index (χ3v) is 7.72. The predicted molar refractivity (Wildman–Crippen MR) is 141 cm³/mol. The first-order chi connectivity index (χ1) is 19.5. The summed E-state index contributed by atoms with van der Waals surface area (Å²) in [6.07, 6.45) is -0.347. The van der Waals surface area contributed by atoms with Gasteiger partial charge in [-0.25, -0.2) is 4.39 Å². The van der Waals surface area contributed by atoms with Gasteiger partial charge in [-0.1, -0.05) is 30.4 Å². The van der Waals surface area contributed by atoms with E-state index >= 15 is 8.78 Å². The third-order valence-electron chi connectivity index (χ3n) is 7.72. The van der Waals surface area contributed by atoms with Crippen molar-refractivity contribution in [3.05, 3.63) is 71.6 Å². The van der Waals surface area contributed by atoms with Gasteiger partial charge in [0.25, 0.3) is 0 Å². The van der Waals surface area contributed by atoms with Crippen molar-refractivity contribution in [2.75, 3.05) is 13.2 Å². The Morgan fingerprint density at radius 2 is 1.51 bits per heavy atom. The van der Waals surface area contributed by atoms with Crippen LogP contribution in [0.2, 0.25) is 0 Å². The van der Waals surface area contributed by atoms with Gasteiger partial charge in [-0.2, -0.15) is 8.78 Å². The monoisotopic (exact) mass is 586 g/mol. The molecule has 2 aromatic rings. The van der Waals surface area contributed by atoms with Gasteiger partial charge in [0, 0.05) is 17.9 Å². The predicted octanol–water partition coefficient (Wildman–Crippen LogP) is 8.63. The maximum Gasteiger partial charge on any atom is 0.573 e.